The van der Waals surface area contributed by atoms with Gasteiger partial charge in [0.2, 0.25) is 11.8 Å². The van der Waals surface area contributed by atoms with Crippen molar-refractivity contribution < 1.29 is 14.3 Å². The summed E-state index contributed by atoms with van der Waals surface area (Å²) < 4.78 is 8.43. The van der Waals surface area contributed by atoms with Gasteiger partial charge in [-0.1, -0.05) is 0 Å². The molecule has 7 heteroatoms. The highest BCUT2D eigenvalue weighted by molar-refractivity contribution is 5.95. The highest BCUT2D eigenvalue weighted by Crippen LogP contribution is 2.44. The van der Waals surface area contributed by atoms with E-state index in [2.05, 4.69) is 24.3 Å². The normalized spacial score (nSPS) is 20.8. The summed E-state index contributed by atoms with van der Waals surface area (Å²) in [5.41, 5.74) is 4.07. The van der Waals surface area contributed by atoms with Crippen LogP contribution in [-0.4, -0.2) is 52.2 Å². The summed E-state index contributed by atoms with van der Waals surface area (Å²) in [6, 6.07) is 4.79. The first kappa shape index (κ1) is 20.1. The lowest BCUT2D eigenvalue weighted by Crippen LogP contribution is -2.41. The number of carbonyl (C=O) groups excluding carboxylic acids is 2. The van der Waals surface area contributed by atoms with Crippen molar-refractivity contribution in [3.8, 4) is 16.9 Å². The van der Waals surface area contributed by atoms with Crippen molar-refractivity contribution in [1.82, 2.24) is 14.7 Å². The molecule has 0 bridgehead atoms. The molecule has 2 aliphatic heterocycles. The van der Waals surface area contributed by atoms with E-state index in [9.17, 15) is 9.59 Å². The highest BCUT2D eigenvalue weighted by atomic mass is 16.5. The number of aromatic nitrogens is 2. The summed E-state index contributed by atoms with van der Waals surface area (Å²) in [6.07, 6.45) is 9.71. The molecule has 2 aromatic rings. The molecule has 0 radical (unpaired) electrons. The molecule has 1 aromatic heterocycles. The Morgan fingerprint density at radius 2 is 2.06 bits per heavy atom. The van der Waals surface area contributed by atoms with E-state index in [1.165, 1.54) is 12.8 Å². The molecular weight excluding hydrogens is 392 g/mol. The van der Waals surface area contributed by atoms with Crippen molar-refractivity contribution >= 4 is 17.5 Å². The molecule has 5 rings (SSSR count). The van der Waals surface area contributed by atoms with Crippen LogP contribution in [0.4, 0.5) is 5.69 Å². The van der Waals surface area contributed by atoms with E-state index in [4.69, 9.17) is 4.74 Å². The maximum Gasteiger partial charge on any atom is 0.224 e. The summed E-state index contributed by atoms with van der Waals surface area (Å²) >= 11 is 0. The van der Waals surface area contributed by atoms with Gasteiger partial charge < -0.3 is 14.5 Å². The van der Waals surface area contributed by atoms with Gasteiger partial charge in [0.15, 0.2) is 0 Å². The number of hydrogen-bond acceptors (Lipinski definition) is 4. The average Bonchev–Trinajstić information content (AvgIpc) is 3.34. The maximum absolute atomic E-state index is 12.4. The molecule has 0 spiro atoms. The first-order valence-corrected chi connectivity index (χ1v) is 11.4. The van der Waals surface area contributed by atoms with Gasteiger partial charge in [-0.2, -0.15) is 5.10 Å². The standard InChI is InChI=1S/C24H30N4O3/c1-16-5-8-21-22(28(16)17(2)29)10-9-20(18-14-25-27(15-18)19-6-7-19)24(21)31-13-12-26-11-3-4-23(26)30/h9-10,14-16,19H,3-8,11-13H2,1-2H3/t16-/m0/s1. The molecule has 1 saturated carbocycles. The van der Waals surface area contributed by atoms with Crippen LogP contribution >= 0.6 is 0 Å². The molecule has 3 aliphatic rings. The number of ether oxygens (including phenoxy) is 1. The van der Waals surface area contributed by atoms with E-state index in [1.807, 2.05) is 26.7 Å². The van der Waals surface area contributed by atoms with Gasteiger partial charge in [0.1, 0.15) is 12.4 Å². The van der Waals surface area contributed by atoms with Crippen LogP contribution in [0.15, 0.2) is 24.5 Å². The van der Waals surface area contributed by atoms with Crippen molar-refractivity contribution in [2.24, 2.45) is 0 Å². The molecule has 31 heavy (non-hydrogen) atoms. The second kappa shape index (κ2) is 8.02. The fourth-order valence-corrected chi connectivity index (χ4v) is 4.89. The second-order valence-corrected chi connectivity index (χ2v) is 8.99. The minimum absolute atomic E-state index is 0.0522. The van der Waals surface area contributed by atoms with E-state index in [0.717, 1.165) is 53.9 Å². The van der Waals surface area contributed by atoms with Gasteiger partial charge in [0.25, 0.3) is 0 Å². The third-order valence-corrected chi connectivity index (χ3v) is 6.70. The highest BCUT2D eigenvalue weighted by Gasteiger charge is 2.31. The lowest BCUT2D eigenvalue weighted by Gasteiger charge is -2.36. The maximum atomic E-state index is 12.4. The number of amides is 2. The molecule has 1 saturated heterocycles. The Labute approximate surface area is 183 Å². The van der Waals surface area contributed by atoms with Crippen LogP contribution in [0.2, 0.25) is 0 Å². The Morgan fingerprint density at radius 1 is 1.23 bits per heavy atom. The van der Waals surface area contributed by atoms with Crippen LogP contribution in [-0.2, 0) is 16.0 Å². The smallest absolute Gasteiger partial charge is 0.224 e. The number of benzene rings is 1. The van der Waals surface area contributed by atoms with Gasteiger partial charge in [-0.05, 0) is 51.2 Å². The molecule has 2 fully saturated rings. The summed E-state index contributed by atoms with van der Waals surface area (Å²) in [4.78, 5) is 28.1. The number of rotatable bonds is 6. The number of nitrogens with zero attached hydrogens (tertiary/aromatic N) is 4. The monoisotopic (exact) mass is 422 g/mol. The zero-order valence-corrected chi connectivity index (χ0v) is 18.3. The van der Waals surface area contributed by atoms with Crippen LogP contribution in [0.5, 0.6) is 5.75 Å². The third kappa shape index (κ3) is 3.82. The molecular formula is C24H30N4O3. The Hall–Kier alpha value is -2.83. The van der Waals surface area contributed by atoms with Gasteiger partial charge in [0.05, 0.1) is 24.5 Å². The molecule has 0 unspecified atom stereocenters. The first-order chi connectivity index (χ1) is 15.0. The van der Waals surface area contributed by atoms with Crippen LogP contribution in [0, 0.1) is 0 Å². The number of likely N-dealkylation sites (tertiary alicyclic amines) is 1. The molecule has 7 nitrogen and oxygen atoms in total. The third-order valence-electron chi connectivity index (χ3n) is 6.70. The van der Waals surface area contributed by atoms with E-state index in [1.54, 1.807) is 6.92 Å². The molecule has 1 aromatic carbocycles. The Balaban J connectivity index is 1.49. The summed E-state index contributed by atoms with van der Waals surface area (Å²) in [5, 5.41) is 4.56. The number of hydrogen-bond donors (Lipinski definition) is 0. The van der Waals surface area contributed by atoms with E-state index < -0.39 is 0 Å². The van der Waals surface area contributed by atoms with Crippen molar-refractivity contribution in [2.75, 3.05) is 24.6 Å². The van der Waals surface area contributed by atoms with Crippen LogP contribution < -0.4 is 9.64 Å². The zero-order valence-electron chi connectivity index (χ0n) is 18.3. The Morgan fingerprint density at radius 3 is 2.77 bits per heavy atom. The van der Waals surface area contributed by atoms with E-state index in [0.29, 0.717) is 25.6 Å². The molecule has 1 atom stereocenters. The lowest BCUT2D eigenvalue weighted by molar-refractivity contribution is -0.128. The van der Waals surface area contributed by atoms with Crippen LogP contribution in [0.1, 0.15) is 57.6 Å². The SMILES string of the molecule is CC(=O)N1c2ccc(-c3cnn(C4CC4)c3)c(OCCN3CCCC3=O)c2CC[C@@H]1C. The second-order valence-electron chi connectivity index (χ2n) is 8.99. The van der Waals surface area contributed by atoms with Gasteiger partial charge in [-0.15, -0.1) is 0 Å². The molecule has 1 aliphatic carbocycles. The predicted molar refractivity (Wildman–Crippen MR) is 118 cm³/mol. The van der Waals surface area contributed by atoms with Gasteiger partial charge in [-0.3, -0.25) is 14.3 Å². The van der Waals surface area contributed by atoms with E-state index >= 15 is 0 Å². The fourth-order valence-electron chi connectivity index (χ4n) is 4.89. The number of fused-ring (bicyclic) bond motifs is 1. The van der Waals surface area contributed by atoms with E-state index in [-0.39, 0.29) is 17.9 Å². The summed E-state index contributed by atoms with van der Waals surface area (Å²) in [5.74, 6) is 1.09. The lowest BCUT2D eigenvalue weighted by atomic mass is 9.92. The Bertz CT molecular complexity index is 1010. The quantitative estimate of drug-likeness (QED) is 0.714. The predicted octanol–water partition coefficient (Wildman–Crippen LogP) is 3.57. The topological polar surface area (TPSA) is 67.7 Å². The van der Waals surface area contributed by atoms with Crippen molar-refractivity contribution in [3.05, 3.63) is 30.1 Å². The summed E-state index contributed by atoms with van der Waals surface area (Å²) in [6.45, 7) is 5.57. The van der Waals surface area contributed by atoms with Gasteiger partial charge >= 0.3 is 0 Å². The fraction of sp³-hybridized carbons (Fsp3) is 0.542. The van der Waals surface area contributed by atoms with Crippen molar-refractivity contribution in [1.29, 1.82) is 0 Å². The van der Waals surface area contributed by atoms with Crippen molar-refractivity contribution in [3.63, 3.8) is 0 Å². The largest absolute Gasteiger partial charge is 0.491 e. The van der Waals surface area contributed by atoms with Gasteiger partial charge in [-0.25, -0.2) is 0 Å². The number of carbonyl (C=O) groups is 2. The molecule has 3 heterocycles. The average molecular weight is 423 g/mol. The summed E-state index contributed by atoms with van der Waals surface area (Å²) in [7, 11) is 0. The minimum atomic E-state index is 0.0522. The number of anilines is 1. The first-order valence-electron chi connectivity index (χ1n) is 11.4. The minimum Gasteiger partial charge on any atom is -0.491 e. The molecule has 2 amide bonds. The van der Waals surface area contributed by atoms with Crippen LogP contribution in [0.3, 0.4) is 0 Å². The zero-order chi connectivity index (χ0) is 21.5. The van der Waals surface area contributed by atoms with Gasteiger partial charge in [0, 0.05) is 48.8 Å². The van der Waals surface area contributed by atoms with Crippen molar-refractivity contribution in [2.45, 2.75) is 64.5 Å². The molecule has 164 valence electrons. The molecule has 0 N–H and O–H groups in total. The Kier molecular flexibility index (Phi) is 5.20. The van der Waals surface area contributed by atoms with Crippen LogP contribution in [0.25, 0.3) is 11.1 Å².